The fourth-order valence-electron chi connectivity index (χ4n) is 2.27. The van der Waals surface area contributed by atoms with Crippen LogP contribution in [0.2, 0.25) is 0 Å². The van der Waals surface area contributed by atoms with Crippen LogP contribution in [0.5, 0.6) is 0 Å². The van der Waals surface area contributed by atoms with Crippen LogP contribution in [0.15, 0.2) is 28.2 Å². The number of guanidine groups is 2. The molecule has 1 saturated heterocycles. The molecular formula is C14H17F4N5. The number of hydrogen-bond donors (Lipinski definition) is 2. The summed E-state index contributed by atoms with van der Waals surface area (Å²) in [5.41, 5.74) is 9.98. The van der Waals surface area contributed by atoms with Gasteiger partial charge in [0.1, 0.15) is 5.82 Å². The van der Waals surface area contributed by atoms with E-state index in [4.69, 9.17) is 11.5 Å². The third-order valence-corrected chi connectivity index (χ3v) is 3.41. The lowest BCUT2D eigenvalue weighted by atomic mass is 10.1. The molecule has 1 aromatic carbocycles. The Balaban J connectivity index is 2.15. The zero-order chi connectivity index (χ0) is 17.0. The molecule has 0 aliphatic carbocycles. The van der Waals surface area contributed by atoms with E-state index >= 15 is 0 Å². The summed E-state index contributed by atoms with van der Waals surface area (Å²) in [5.74, 6) is -1.47. The molecule has 4 N–H and O–H groups in total. The summed E-state index contributed by atoms with van der Waals surface area (Å²) in [5, 5.41) is 0. The standard InChI is InChI=1S/C14H17F4N5/c15-11-8-9(4-5-10(11)14(16,17)18)21-12(19)22-13(20)23-6-2-1-3-7-23/h4-5,8H,1-3,6-7H2,(H4,19,20,21,22). The van der Waals surface area contributed by atoms with Crippen LogP contribution in [0.4, 0.5) is 23.2 Å². The molecule has 0 atom stereocenters. The Hall–Kier alpha value is -2.32. The highest BCUT2D eigenvalue weighted by Gasteiger charge is 2.33. The summed E-state index contributed by atoms with van der Waals surface area (Å²) in [4.78, 5) is 9.52. The van der Waals surface area contributed by atoms with Crippen LogP contribution in [0, 0.1) is 5.82 Å². The number of benzene rings is 1. The maximum Gasteiger partial charge on any atom is 0.419 e. The van der Waals surface area contributed by atoms with Crippen molar-refractivity contribution in [3.63, 3.8) is 0 Å². The normalized spacial score (nSPS) is 17.5. The second kappa shape index (κ2) is 6.84. The van der Waals surface area contributed by atoms with Crippen molar-refractivity contribution < 1.29 is 17.6 Å². The maximum absolute atomic E-state index is 13.5. The monoisotopic (exact) mass is 331 g/mol. The molecule has 126 valence electrons. The fourth-order valence-corrected chi connectivity index (χ4v) is 2.27. The van der Waals surface area contributed by atoms with Gasteiger partial charge < -0.3 is 16.4 Å². The van der Waals surface area contributed by atoms with Gasteiger partial charge in [0.2, 0.25) is 5.96 Å². The molecule has 2 rings (SSSR count). The second-order valence-electron chi connectivity index (χ2n) is 5.15. The van der Waals surface area contributed by atoms with Crippen molar-refractivity contribution in [2.24, 2.45) is 21.5 Å². The van der Waals surface area contributed by atoms with E-state index in [-0.39, 0.29) is 17.6 Å². The largest absolute Gasteiger partial charge is 0.419 e. The highest BCUT2D eigenvalue weighted by atomic mass is 19.4. The molecule has 1 aromatic rings. The minimum atomic E-state index is -4.76. The van der Waals surface area contributed by atoms with Crippen molar-refractivity contribution in [3.8, 4) is 0 Å². The zero-order valence-corrected chi connectivity index (χ0v) is 12.3. The van der Waals surface area contributed by atoms with E-state index in [1.165, 1.54) is 0 Å². The van der Waals surface area contributed by atoms with Crippen LogP contribution in [0.3, 0.4) is 0 Å². The number of aliphatic imine (C=N–C) groups is 2. The first-order chi connectivity index (χ1) is 10.8. The van der Waals surface area contributed by atoms with Gasteiger partial charge in [0.15, 0.2) is 5.96 Å². The van der Waals surface area contributed by atoms with Crippen LogP contribution in [0.1, 0.15) is 24.8 Å². The molecule has 0 aromatic heterocycles. The number of halogens is 4. The number of alkyl halides is 3. The first-order valence-electron chi connectivity index (χ1n) is 7.07. The molecule has 0 spiro atoms. The molecular weight excluding hydrogens is 314 g/mol. The first-order valence-corrected chi connectivity index (χ1v) is 7.07. The lowest BCUT2D eigenvalue weighted by Crippen LogP contribution is -2.41. The molecule has 0 radical (unpaired) electrons. The SMILES string of the molecule is NC(=Nc1ccc(C(F)(F)F)c(F)c1)N=C(N)N1CCCCC1. The Morgan fingerprint density at radius 2 is 1.74 bits per heavy atom. The highest BCUT2D eigenvalue weighted by molar-refractivity contribution is 5.94. The van der Waals surface area contributed by atoms with Gasteiger partial charge in [0, 0.05) is 19.2 Å². The molecule has 0 amide bonds. The van der Waals surface area contributed by atoms with Crippen LogP contribution in [-0.4, -0.2) is 29.9 Å². The summed E-state index contributed by atoms with van der Waals surface area (Å²) in [6, 6.07) is 2.28. The van der Waals surface area contributed by atoms with Gasteiger partial charge in [-0.25, -0.2) is 9.38 Å². The number of nitrogens with zero attached hydrogens (tertiary/aromatic N) is 3. The van der Waals surface area contributed by atoms with Gasteiger partial charge in [-0.1, -0.05) is 0 Å². The number of piperidine rings is 1. The summed E-state index contributed by atoms with van der Waals surface area (Å²) in [6.07, 6.45) is -1.64. The van der Waals surface area contributed by atoms with Gasteiger partial charge in [-0.3, -0.25) is 0 Å². The van der Waals surface area contributed by atoms with Crippen LogP contribution < -0.4 is 11.5 Å². The quantitative estimate of drug-likeness (QED) is 0.471. The average molecular weight is 331 g/mol. The number of likely N-dealkylation sites (tertiary alicyclic amines) is 1. The topological polar surface area (TPSA) is 80.0 Å². The summed E-state index contributed by atoms with van der Waals surface area (Å²) in [7, 11) is 0. The Kier molecular flexibility index (Phi) is 5.07. The first kappa shape index (κ1) is 17.0. The third-order valence-electron chi connectivity index (χ3n) is 3.41. The molecule has 0 unspecified atom stereocenters. The van der Waals surface area contributed by atoms with Gasteiger partial charge in [0.25, 0.3) is 0 Å². The second-order valence-corrected chi connectivity index (χ2v) is 5.15. The van der Waals surface area contributed by atoms with Crippen molar-refractivity contribution in [2.75, 3.05) is 13.1 Å². The molecule has 1 heterocycles. The molecule has 23 heavy (non-hydrogen) atoms. The summed E-state index contributed by atoms with van der Waals surface area (Å²) < 4.78 is 50.9. The van der Waals surface area contributed by atoms with E-state index in [2.05, 4.69) is 9.98 Å². The third kappa shape index (κ3) is 4.57. The van der Waals surface area contributed by atoms with Crippen molar-refractivity contribution in [1.82, 2.24) is 4.90 Å². The predicted octanol–water partition coefficient (Wildman–Crippen LogP) is 2.59. The lowest BCUT2D eigenvalue weighted by molar-refractivity contribution is -0.139. The molecule has 9 heteroatoms. The molecule has 1 fully saturated rings. The van der Waals surface area contributed by atoms with Crippen molar-refractivity contribution >= 4 is 17.6 Å². The number of rotatable bonds is 1. The van der Waals surface area contributed by atoms with Crippen LogP contribution in [0.25, 0.3) is 0 Å². The minimum Gasteiger partial charge on any atom is -0.369 e. The summed E-state index contributed by atoms with van der Waals surface area (Å²) in [6.45, 7) is 1.52. The van der Waals surface area contributed by atoms with E-state index in [9.17, 15) is 17.6 Å². The van der Waals surface area contributed by atoms with Crippen molar-refractivity contribution in [2.45, 2.75) is 25.4 Å². The lowest BCUT2D eigenvalue weighted by Gasteiger charge is -2.27. The van der Waals surface area contributed by atoms with Gasteiger partial charge >= 0.3 is 6.18 Å². The Labute approximate surface area is 130 Å². The Morgan fingerprint density at radius 3 is 2.30 bits per heavy atom. The molecule has 0 saturated carbocycles. The smallest absolute Gasteiger partial charge is 0.369 e. The molecule has 0 bridgehead atoms. The zero-order valence-electron chi connectivity index (χ0n) is 12.3. The van der Waals surface area contributed by atoms with E-state index < -0.39 is 17.6 Å². The van der Waals surface area contributed by atoms with Crippen LogP contribution >= 0.6 is 0 Å². The Morgan fingerprint density at radius 1 is 1.09 bits per heavy atom. The van der Waals surface area contributed by atoms with Gasteiger partial charge in [-0.2, -0.15) is 18.2 Å². The Bertz CT molecular complexity index is 618. The highest BCUT2D eigenvalue weighted by Crippen LogP contribution is 2.32. The van der Waals surface area contributed by atoms with Crippen molar-refractivity contribution in [1.29, 1.82) is 0 Å². The predicted molar refractivity (Wildman–Crippen MR) is 79.7 cm³/mol. The fraction of sp³-hybridized carbons (Fsp3) is 0.429. The van der Waals surface area contributed by atoms with Crippen LogP contribution in [-0.2, 0) is 6.18 Å². The van der Waals surface area contributed by atoms with E-state index in [1.807, 2.05) is 4.90 Å². The van der Waals surface area contributed by atoms with E-state index in [0.29, 0.717) is 12.1 Å². The summed E-state index contributed by atoms with van der Waals surface area (Å²) >= 11 is 0. The molecule has 5 nitrogen and oxygen atoms in total. The van der Waals surface area contributed by atoms with Crippen molar-refractivity contribution in [3.05, 3.63) is 29.6 Å². The van der Waals surface area contributed by atoms with Gasteiger partial charge in [0.05, 0.1) is 11.3 Å². The average Bonchev–Trinajstić information content (AvgIpc) is 2.46. The van der Waals surface area contributed by atoms with E-state index in [1.54, 1.807) is 0 Å². The minimum absolute atomic E-state index is 0.0665. The van der Waals surface area contributed by atoms with Gasteiger partial charge in [-0.15, -0.1) is 0 Å². The van der Waals surface area contributed by atoms with E-state index in [0.717, 1.165) is 38.4 Å². The number of nitrogens with two attached hydrogens (primary N) is 2. The number of hydrogen-bond acceptors (Lipinski definition) is 1. The molecule has 1 aliphatic rings. The molecule has 1 aliphatic heterocycles. The van der Waals surface area contributed by atoms with Gasteiger partial charge in [-0.05, 0) is 31.4 Å². The maximum atomic E-state index is 13.5.